The second kappa shape index (κ2) is 16.6. The van der Waals surface area contributed by atoms with Crippen LogP contribution in [0.1, 0.15) is 67.7 Å². The highest BCUT2D eigenvalue weighted by molar-refractivity contribution is 7.10. The molecule has 5 aliphatic rings. The number of hydrogen-bond acceptors (Lipinski definition) is 9. The average molecular weight is 726 g/mol. The molecule has 3 heterocycles. The molecule has 0 aromatic heterocycles. The second-order valence-corrected chi connectivity index (χ2v) is 14.7. The first-order valence-corrected chi connectivity index (χ1v) is 18.1. The van der Waals surface area contributed by atoms with E-state index in [-0.39, 0.29) is 65.4 Å². The highest BCUT2D eigenvalue weighted by Gasteiger charge is 2.55. The third kappa shape index (κ3) is 7.81. The monoisotopic (exact) mass is 725 g/mol. The molecule has 10 nitrogen and oxygen atoms in total. The Hall–Kier alpha value is -1.63. The number of rotatable bonds is 4. The number of aliphatic hydroxyl groups is 1. The zero-order chi connectivity index (χ0) is 35.5. The smallest absolute Gasteiger partial charge is 0.312 e. The molecule has 15 unspecified atom stereocenters. The van der Waals surface area contributed by atoms with Gasteiger partial charge in [0.05, 0.1) is 40.1 Å². The molecule has 2 N–H and O–H groups in total. The maximum absolute atomic E-state index is 14.0. The van der Waals surface area contributed by atoms with E-state index in [4.69, 9.17) is 27.8 Å². The molecule has 0 saturated heterocycles. The van der Waals surface area contributed by atoms with Crippen molar-refractivity contribution in [1.29, 1.82) is 0 Å². The number of carbonyl (C=O) groups excluding carboxylic acids is 2. The molecule has 48 heavy (non-hydrogen) atoms. The van der Waals surface area contributed by atoms with Crippen molar-refractivity contribution in [3.05, 3.63) is 58.8 Å². The predicted octanol–water partition coefficient (Wildman–Crippen LogP) is 5.87. The van der Waals surface area contributed by atoms with Crippen molar-refractivity contribution >= 4 is 40.1 Å². The molecule has 5 rings (SSSR count). The molecule has 3 aliphatic heterocycles. The van der Waals surface area contributed by atoms with E-state index in [9.17, 15) is 14.7 Å². The van der Waals surface area contributed by atoms with Gasteiger partial charge in [0.2, 0.25) is 11.7 Å². The number of carbonyl (C=O) groups is 2. The zero-order valence-corrected chi connectivity index (χ0v) is 32.8. The van der Waals surface area contributed by atoms with Gasteiger partial charge >= 0.3 is 5.79 Å². The summed E-state index contributed by atoms with van der Waals surface area (Å²) in [6.07, 6.45) is 8.84. The van der Waals surface area contributed by atoms with Crippen LogP contribution in [0.2, 0.25) is 0 Å². The number of aliphatic hydroxyl groups excluding tert-OH is 1. The van der Waals surface area contributed by atoms with Gasteiger partial charge in [-0.2, -0.15) is 0 Å². The molecular formula is C35H54NO9P3. The number of amides is 1. The summed E-state index contributed by atoms with van der Waals surface area (Å²) in [5, 5.41) is 14.8. The second-order valence-electron chi connectivity index (χ2n) is 13.9. The Morgan fingerprint density at radius 1 is 0.958 bits per heavy atom. The Bertz CT molecular complexity index is 1360. The van der Waals surface area contributed by atoms with Crippen LogP contribution < -0.4 is 5.32 Å². The van der Waals surface area contributed by atoms with E-state index >= 15 is 0 Å². The first-order valence-electron chi connectivity index (χ1n) is 16.7. The summed E-state index contributed by atoms with van der Waals surface area (Å²) in [5.74, 6) is -1.80. The van der Waals surface area contributed by atoms with Crippen LogP contribution in [0.15, 0.2) is 58.8 Å². The summed E-state index contributed by atoms with van der Waals surface area (Å²) in [6, 6.07) is -0.0893. The molecule has 5 bridgehead atoms. The van der Waals surface area contributed by atoms with Crippen molar-refractivity contribution in [2.45, 2.75) is 104 Å². The van der Waals surface area contributed by atoms with Crippen LogP contribution in [0.25, 0.3) is 0 Å². The first-order chi connectivity index (χ1) is 22.7. The van der Waals surface area contributed by atoms with Crippen LogP contribution in [0, 0.1) is 35.5 Å². The van der Waals surface area contributed by atoms with Crippen molar-refractivity contribution < 1.29 is 42.5 Å². The minimum Gasteiger partial charge on any atom is -0.484 e. The third-order valence-electron chi connectivity index (χ3n) is 10.9. The number of hydrogen-bond donors (Lipinski definition) is 2. The van der Waals surface area contributed by atoms with Crippen LogP contribution >= 0.6 is 28.4 Å². The minimum atomic E-state index is -1.58. The summed E-state index contributed by atoms with van der Waals surface area (Å²) < 4.78 is 35.7. The van der Waals surface area contributed by atoms with E-state index < -0.39 is 18.0 Å². The zero-order valence-electron chi connectivity index (χ0n) is 29.3. The van der Waals surface area contributed by atoms with E-state index in [1.807, 2.05) is 45.9 Å². The van der Waals surface area contributed by atoms with Crippen LogP contribution in [0.5, 0.6) is 0 Å². The number of allylic oxidation sites excluding steroid dienone is 4. The van der Waals surface area contributed by atoms with Crippen molar-refractivity contribution in [1.82, 2.24) is 5.32 Å². The quantitative estimate of drug-likeness (QED) is 0.343. The fraction of sp³-hybridized carbons (Fsp3) is 0.657. The van der Waals surface area contributed by atoms with Crippen molar-refractivity contribution in [2.75, 3.05) is 7.11 Å². The summed E-state index contributed by atoms with van der Waals surface area (Å²) in [6.45, 7) is 13.2. The van der Waals surface area contributed by atoms with Crippen molar-refractivity contribution in [3.63, 3.8) is 0 Å². The van der Waals surface area contributed by atoms with E-state index in [0.717, 1.165) is 11.3 Å². The number of nitrogens with one attached hydrogen (secondary N) is 1. The van der Waals surface area contributed by atoms with Gasteiger partial charge in [-0.05, 0) is 39.2 Å². The van der Waals surface area contributed by atoms with Gasteiger partial charge in [-0.1, -0.05) is 45.9 Å². The molecule has 0 aromatic carbocycles. The molecule has 1 fully saturated rings. The highest BCUT2D eigenvalue weighted by Crippen LogP contribution is 2.52. The van der Waals surface area contributed by atoms with Gasteiger partial charge < -0.3 is 38.2 Å². The van der Waals surface area contributed by atoms with E-state index in [2.05, 4.69) is 40.6 Å². The topological polar surface area (TPSA) is 122 Å². The molecule has 268 valence electrons. The summed E-state index contributed by atoms with van der Waals surface area (Å²) in [4.78, 5) is 27.3. The molecule has 1 amide bonds. The first kappa shape index (κ1) is 39.2. The normalized spacial score (nSPS) is 42.3. The molecule has 1 saturated carbocycles. The van der Waals surface area contributed by atoms with Gasteiger partial charge in [0.15, 0.2) is 0 Å². The number of ketones is 1. The van der Waals surface area contributed by atoms with Gasteiger partial charge in [0.25, 0.3) is 0 Å². The van der Waals surface area contributed by atoms with E-state index in [1.165, 1.54) is 6.26 Å². The Labute approximate surface area is 292 Å². The predicted molar refractivity (Wildman–Crippen MR) is 194 cm³/mol. The molecule has 0 radical (unpaired) electrons. The maximum Gasteiger partial charge on any atom is 0.312 e. The fourth-order valence-corrected chi connectivity index (χ4v) is 9.26. The molecule has 13 heteroatoms. The van der Waals surface area contributed by atoms with Crippen LogP contribution in [-0.2, 0) is 37.4 Å². The van der Waals surface area contributed by atoms with Gasteiger partial charge in [-0.25, -0.2) is 0 Å². The number of methoxy groups -OCH3 is 1. The van der Waals surface area contributed by atoms with Crippen LogP contribution in [-0.4, -0.2) is 60.2 Å². The van der Waals surface area contributed by atoms with Crippen molar-refractivity contribution in [2.24, 2.45) is 35.5 Å². The lowest BCUT2D eigenvalue weighted by molar-refractivity contribution is -0.172. The third-order valence-corrected chi connectivity index (χ3v) is 11.7. The lowest BCUT2D eigenvalue weighted by Crippen LogP contribution is -2.45. The molecule has 0 spiro atoms. The lowest BCUT2D eigenvalue weighted by Gasteiger charge is -2.40. The summed E-state index contributed by atoms with van der Waals surface area (Å²) >= 11 is 0. The highest BCUT2D eigenvalue weighted by atomic mass is 31.0. The Kier molecular flexibility index (Phi) is 13.5. The number of fused-ring (bicyclic) bond motifs is 14. The summed E-state index contributed by atoms with van der Waals surface area (Å²) in [5.41, 5.74) is 1.94. The largest absolute Gasteiger partial charge is 0.484 e. The molecule has 2 aliphatic carbocycles. The van der Waals surface area contributed by atoms with E-state index in [0.29, 0.717) is 36.2 Å². The van der Waals surface area contributed by atoms with Gasteiger partial charge in [0.1, 0.15) is 11.5 Å². The molecule has 15 atom stereocenters. The van der Waals surface area contributed by atoms with E-state index in [1.54, 1.807) is 27.0 Å². The minimum absolute atomic E-state index is 0.0332. The summed E-state index contributed by atoms with van der Waals surface area (Å²) in [7, 11) is 8.61. The SMILES string of the molecule is COC1/C=C/OC2(C)OC3=C(C2=O)C2CCC(CC2C(OP)=C3C)NC(=O)/C(C)=C\C=C\C(C)C(OP)C(C)C(OP)C(C)C(O)C1C. The molecule has 0 aromatic rings. The van der Waals surface area contributed by atoms with Crippen molar-refractivity contribution in [3.8, 4) is 0 Å². The fourth-order valence-electron chi connectivity index (χ4n) is 7.92. The van der Waals surface area contributed by atoms with Gasteiger partial charge in [-0.15, -0.1) is 0 Å². The number of ether oxygens (including phenoxy) is 3. The van der Waals surface area contributed by atoms with Gasteiger partial charge in [-0.3, -0.25) is 9.59 Å². The Morgan fingerprint density at radius 3 is 2.27 bits per heavy atom. The average Bonchev–Trinajstić information content (AvgIpc) is 3.33. The number of Topliss-reactive ketones (excluding diaryl/α,β-unsaturated/α-hetero) is 1. The Morgan fingerprint density at radius 2 is 1.65 bits per heavy atom. The van der Waals surface area contributed by atoms with Crippen LogP contribution in [0.3, 0.4) is 0 Å². The maximum atomic E-state index is 14.0. The van der Waals surface area contributed by atoms with Gasteiger partial charge in [0, 0.05) is 91.2 Å². The molecular weight excluding hydrogens is 671 g/mol. The standard InChI is InChI=1S/C35H54NO9P3/c1-17-10-9-11-18(2)34(39)36-23-12-13-24-25(16-23)31(45-48)22(6)32-27(24)33(38)35(7,42-32)41-15-14-26(40-8)19(3)28(37)20(4)30(44-47)21(5)29(17)43-46/h9-11,14-15,17,19-21,23-26,28-30,37H,12-13,16,46-48H2,1-8H3,(H,36,39)/b10-9+,15-14+,18-11-. The Balaban J connectivity index is 1.71. The van der Waals surface area contributed by atoms with Crippen LogP contribution in [0.4, 0.5) is 0 Å². The lowest BCUT2D eigenvalue weighted by atomic mass is 9.67.